The number of rotatable bonds is 3. The molecule has 1 aromatic rings. The third kappa shape index (κ3) is 2.37. The van der Waals surface area contributed by atoms with Gasteiger partial charge in [-0.25, -0.2) is 0 Å². The van der Waals surface area contributed by atoms with Gasteiger partial charge in [-0.2, -0.15) is 0 Å². The summed E-state index contributed by atoms with van der Waals surface area (Å²) in [5.74, 6) is 0.870. The molecule has 0 radical (unpaired) electrons. The fourth-order valence-electron chi connectivity index (χ4n) is 3.11. The van der Waals surface area contributed by atoms with Crippen molar-refractivity contribution in [1.82, 2.24) is 0 Å². The zero-order chi connectivity index (χ0) is 14.1. The first kappa shape index (κ1) is 13.7. The van der Waals surface area contributed by atoms with Crippen LogP contribution in [0.4, 0.5) is 5.69 Å². The third-order valence-electron chi connectivity index (χ3n) is 4.17. The summed E-state index contributed by atoms with van der Waals surface area (Å²) in [6.45, 7) is 1.88. The molecule has 0 N–H and O–H groups in total. The maximum absolute atomic E-state index is 12.3. The summed E-state index contributed by atoms with van der Waals surface area (Å²) in [7, 11) is 0. The first-order valence-electron chi connectivity index (χ1n) is 7.33. The van der Waals surface area contributed by atoms with Gasteiger partial charge in [0.1, 0.15) is 0 Å². The lowest BCUT2D eigenvalue weighted by Gasteiger charge is -2.34. The van der Waals surface area contributed by atoms with Crippen LogP contribution in [-0.4, -0.2) is 23.5 Å². The van der Waals surface area contributed by atoms with E-state index in [1.165, 1.54) is 12.8 Å². The van der Waals surface area contributed by atoms with Gasteiger partial charge in [-0.05, 0) is 31.0 Å². The van der Waals surface area contributed by atoms with Gasteiger partial charge in [0.15, 0.2) is 5.78 Å². The summed E-state index contributed by atoms with van der Waals surface area (Å²) in [4.78, 5) is 27.1. The monoisotopic (exact) mass is 289 g/mol. The molecule has 1 aliphatic carbocycles. The van der Waals surface area contributed by atoms with E-state index in [1.54, 1.807) is 11.8 Å². The minimum Gasteiger partial charge on any atom is -0.308 e. The smallest absolute Gasteiger partial charge is 0.237 e. The number of hydrogen-bond acceptors (Lipinski definition) is 3. The van der Waals surface area contributed by atoms with Crippen LogP contribution in [0.1, 0.15) is 49.4 Å². The molecule has 0 atom stereocenters. The number of anilines is 1. The molecule has 0 bridgehead atoms. The number of amides is 1. The van der Waals surface area contributed by atoms with Gasteiger partial charge in [0, 0.05) is 22.9 Å². The van der Waals surface area contributed by atoms with Crippen molar-refractivity contribution >= 4 is 29.1 Å². The summed E-state index contributed by atoms with van der Waals surface area (Å²) >= 11 is 1.56. The van der Waals surface area contributed by atoms with Gasteiger partial charge in [-0.15, -0.1) is 11.8 Å². The Kier molecular flexibility index (Phi) is 3.83. The van der Waals surface area contributed by atoms with E-state index in [0.29, 0.717) is 18.2 Å². The van der Waals surface area contributed by atoms with Crippen molar-refractivity contribution in [2.45, 2.75) is 50.0 Å². The van der Waals surface area contributed by atoms with Crippen molar-refractivity contribution in [2.24, 2.45) is 0 Å². The molecule has 0 unspecified atom stereocenters. The van der Waals surface area contributed by atoms with E-state index in [9.17, 15) is 9.59 Å². The molecule has 1 heterocycles. The molecule has 2 aliphatic rings. The van der Waals surface area contributed by atoms with Crippen LogP contribution in [0.2, 0.25) is 0 Å². The molecule has 0 saturated heterocycles. The second-order valence-electron chi connectivity index (χ2n) is 5.45. The molecule has 0 aromatic heterocycles. The highest BCUT2D eigenvalue weighted by Gasteiger charge is 2.32. The lowest BCUT2D eigenvalue weighted by molar-refractivity contribution is -0.116. The Bertz CT molecular complexity index is 549. The van der Waals surface area contributed by atoms with Crippen LogP contribution in [-0.2, 0) is 4.79 Å². The number of hydrogen-bond donors (Lipinski definition) is 0. The molecule has 3 nitrogen and oxygen atoms in total. The summed E-state index contributed by atoms with van der Waals surface area (Å²) in [5, 5.41) is 0. The Labute approximate surface area is 123 Å². The number of ketones is 1. The van der Waals surface area contributed by atoms with Crippen LogP contribution in [0.5, 0.6) is 0 Å². The number of nitrogens with zero attached hydrogens (tertiary/aromatic N) is 1. The third-order valence-corrected chi connectivity index (χ3v) is 5.20. The first-order chi connectivity index (χ1) is 9.70. The topological polar surface area (TPSA) is 37.4 Å². The number of carbonyl (C=O) groups is 2. The Hall–Kier alpha value is -1.29. The summed E-state index contributed by atoms with van der Waals surface area (Å²) in [6.07, 6.45) is 5.15. The lowest BCUT2D eigenvalue weighted by Crippen LogP contribution is -2.42. The van der Waals surface area contributed by atoms with Crippen molar-refractivity contribution < 1.29 is 9.59 Å². The second kappa shape index (κ2) is 5.60. The zero-order valence-electron chi connectivity index (χ0n) is 11.7. The fraction of sp³-hybridized carbons (Fsp3) is 0.500. The van der Waals surface area contributed by atoms with Crippen LogP contribution in [0.3, 0.4) is 0 Å². The minimum absolute atomic E-state index is 0.165. The molecule has 4 heteroatoms. The fourth-order valence-corrected chi connectivity index (χ4v) is 4.06. The van der Waals surface area contributed by atoms with Gasteiger partial charge in [-0.3, -0.25) is 9.59 Å². The predicted octanol–water partition coefficient (Wildman–Crippen LogP) is 3.66. The SMILES string of the molecule is CCC(=O)c1ccc2c(c1)SCC(=O)N2C1CCCC1. The van der Waals surface area contributed by atoms with Crippen molar-refractivity contribution in [2.75, 3.05) is 10.7 Å². The van der Waals surface area contributed by atoms with Crippen LogP contribution in [0.25, 0.3) is 0 Å². The average molecular weight is 289 g/mol. The molecule has 1 aromatic carbocycles. The Morgan fingerprint density at radius 1 is 1.35 bits per heavy atom. The molecule has 1 aliphatic heterocycles. The first-order valence-corrected chi connectivity index (χ1v) is 8.31. The molecular weight excluding hydrogens is 270 g/mol. The van der Waals surface area contributed by atoms with E-state index in [1.807, 2.05) is 30.0 Å². The summed E-state index contributed by atoms with van der Waals surface area (Å²) in [6, 6.07) is 6.14. The number of carbonyl (C=O) groups excluding carboxylic acids is 2. The van der Waals surface area contributed by atoms with Gasteiger partial charge < -0.3 is 4.90 Å². The Morgan fingerprint density at radius 3 is 2.80 bits per heavy atom. The lowest BCUT2D eigenvalue weighted by atomic mass is 10.1. The van der Waals surface area contributed by atoms with E-state index >= 15 is 0 Å². The van der Waals surface area contributed by atoms with Crippen LogP contribution < -0.4 is 4.90 Å². The molecule has 1 amide bonds. The van der Waals surface area contributed by atoms with E-state index in [2.05, 4.69) is 0 Å². The zero-order valence-corrected chi connectivity index (χ0v) is 12.5. The van der Waals surface area contributed by atoms with E-state index in [4.69, 9.17) is 0 Å². The van der Waals surface area contributed by atoms with Crippen molar-refractivity contribution in [1.29, 1.82) is 0 Å². The maximum Gasteiger partial charge on any atom is 0.237 e. The highest BCUT2D eigenvalue weighted by Crippen LogP contribution is 2.40. The molecular formula is C16H19NO2S. The molecule has 3 rings (SSSR count). The maximum atomic E-state index is 12.3. The van der Waals surface area contributed by atoms with E-state index in [-0.39, 0.29) is 11.7 Å². The quantitative estimate of drug-likeness (QED) is 0.797. The minimum atomic E-state index is 0.165. The van der Waals surface area contributed by atoms with Gasteiger partial charge in [-0.1, -0.05) is 19.8 Å². The second-order valence-corrected chi connectivity index (χ2v) is 6.47. The molecule has 1 fully saturated rings. The largest absolute Gasteiger partial charge is 0.308 e. The molecule has 1 saturated carbocycles. The van der Waals surface area contributed by atoms with Gasteiger partial charge in [0.2, 0.25) is 5.91 Å². The predicted molar refractivity (Wildman–Crippen MR) is 81.5 cm³/mol. The van der Waals surface area contributed by atoms with E-state index in [0.717, 1.165) is 29.0 Å². The van der Waals surface area contributed by atoms with Gasteiger partial charge in [0.25, 0.3) is 0 Å². The molecule has 20 heavy (non-hydrogen) atoms. The number of fused-ring (bicyclic) bond motifs is 1. The van der Waals surface area contributed by atoms with Crippen LogP contribution in [0, 0.1) is 0 Å². The van der Waals surface area contributed by atoms with E-state index < -0.39 is 0 Å². The Balaban J connectivity index is 1.96. The van der Waals surface area contributed by atoms with Gasteiger partial charge >= 0.3 is 0 Å². The standard InChI is InChI=1S/C16H19NO2S/c1-2-14(18)11-7-8-13-15(9-11)20-10-16(19)17(13)12-5-3-4-6-12/h7-9,12H,2-6,10H2,1H3. The Morgan fingerprint density at radius 2 is 2.10 bits per heavy atom. The van der Waals surface area contributed by atoms with Crippen molar-refractivity contribution in [3.63, 3.8) is 0 Å². The number of benzene rings is 1. The highest BCUT2D eigenvalue weighted by molar-refractivity contribution is 8.00. The number of thioether (sulfide) groups is 1. The van der Waals surface area contributed by atoms with Crippen LogP contribution in [0.15, 0.2) is 23.1 Å². The summed E-state index contributed by atoms with van der Waals surface area (Å²) in [5.41, 5.74) is 1.77. The molecule has 106 valence electrons. The molecule has 0 spiro atoms. The number of Topliss-reactive ketones (excluding diaryl/α,β-unsaturated/α-hetero) is 1. The summed E-state index contributed by atoms with van der Waals surface area (Å²) < 4.78 is 0. The average Bonchev–Trinajstić information content (AvgIpc) is 2.99. The van der Waals surface area contributed by atoms with Crippen molar-refractivity contribution in [3.8, 4) is 0 Å². The highest BCUT2D eigenvalue weighted by atomic mass is 32.2. The van der Waals surface area contributed by atoms with Gasteiger partial charge in [0.05, 0.1) is 11.4 Å². The van der Waals surface area contributed by atoms with Crippen molar-refractivity contribution in [3.05, 3.63) is 23.8 Å². The normalized spacial score (nSPS) is 19.2. The van der Waals surface area contributed by atoms with Crippen LogP contribution >= 0.6 is 11.8 Å².